The topological polar surface area (TPSA) is 46.2 Å². The van der Waals surface area contributed by atoms with Crippen LogP contribution >= 0.6 is 23.5 Å². The van der Waals surface area contributed by atoms with Gasteiger partial charge in [-0.05, 0) is 12.2 Å². The largest absolute Gasteiger partial charge is 0.336 e. The predicted molar refractivity (Wildman–Crippen MR) is 52.5 cm³/mol. The summed E-state index contributed by atoms with van der Waals surface area (Å²) in [5, 5.41) is 2.70. The summed E-state index contributed by atoms with van der Waals surface area (Å²) in [5.74, 6) is 1.58. The fourth-order valence-corrected chi connectivity index (χ4v) is 2.36. The molecule has 0 aromatic carbocycles. The Labute approximate surface area is 80.0 Å². The van der Waals surface area contributed by atoms with E-state index in [1.165, 1.54) is 23.5 Å². The molecule has 12 heavy (non-hydrogen) atoms. The predicted octanol–water partition coefficient (Wildman–Crippen LogP) is 1.48. The zero-order chi connectivity index (χ0) is 8.97. The van der Waals surface area contributed by atoms with Gasteiger partial charge in [0, 0.05) is 5.75 Å². The molecule has 0 aromatic rings. The van der Waals surface area contributed by atoms with Gasteiger partial charge in [0.05, 0.1) is 6.04 Å². The number of carbonyl (C=O) groups is 2. The summed E-state index contributed by atoms with van der Waals surface area (Å²) in [5.41, 5.74) is 0. The first-order chi connectivity index (χ1) is 5.74. The zero-order valence-corrected chi connectivity index (χ0v) is 8.46. The van der Waals surface area contributed by atoms with E-state index in [9.17, 15) is 9.59 Å². The molecule has 0 aliphatic carbocycles. The minimum atomic E-state index is -0.235. The summed E-state index contributed by atoms with van der Waals surface area (Å²) in [6.45, 7) is 1.91. The van der Waals surface area contributed by atoms with E-state index in [2.05, 4.69) is 5.32 Å². The van der Waals surface area contributed by atoms with E-state index >= 15 is 0 Å². The highest BCUT2D eigenvalue weighted by Crippen LogP contribution is 2.20. The van der Waals surface area contributed by atoms with Crippen LogP contribution in [0.15, 0.2) is 0 Å². The van der Waals surface area contributed by atoms with Gasteiger partial charge in [-0.2, -0.15) is 0 Å². The Hall–Kier alpha value is -0.160. The van der Waals surface area contributed by atoms with Crippen molar-refractivity contribution in [3.63, 3.8) is 0 Å². The van der Waals surface area contributed by atoms with Crippen LogP contribution in [0.25, 0.3) is 0 Å². The second-order valence-electron chi connectivity index (χ2n) is 2.37. The third-order valence-corrected chi connectivity index (χ3v) is 3.18. The van der Waals surface area contributed by atoms with Crippen LogP contribution in [-0.2, 0) is 4.79 Å². The van der Waals surface area contributed by atoms with Gasteiger partial charge in [-0.15, -0.1) is 0 Å². The van der Waals surface area contributed by atoms with Crippen molar-refractivity contribution in [1.29, 1.82) is 0 Å². The molecule has 1 fully saturated rings. The van der Waals surface area contributed by atoms with Crippen LogP contribution in [0.2, 0.25) is 0 Å². The Balaban J connectivity index is 2.30. The second kappa shape index (κ2) is 4.77. The number of carbonyl (C=O) groups excluding carboxylic acids is 2. The molecule has 0 saturated carbocycles. The molecule has 1 aliphatic heterocycles. The summed E-state index contributed by atoms with van der Waals surface area (Å²) in [7, 11) is 0. The van der Waals surface area contributed by atoms with E-state index in [0.717, 1.165) is 17.9 Å². The van der Waals surface area contributed by atoms with Gasteiger partial charge in [0.1, 0.15) is 0 Å². The molecule has 1 unspecified atom stereocenters. The summed E-state index contributed by atoms with van der Waals surface area (Å²) in [6, 6.07) is -0.235. The molecule has 5 heteroatoms. The number of hydrogen-bond donors (Lipinski definition) is 1. The van der Waals surface area contributed by atoms with Gasteiger partial charge in [-0.1, -0.05) is 30.4 Å². The number of rotatable bonds is 2. The molecule has 0 bridgehead atoms. The van der Waals surface area contributed by atoms with Crippen molar-refractivity contribution in [2.24, 2.45) is 0 Å². The van der Waals surface area contributed by atoms with Gasteiger partial charge in [0.15, 0.2) is 0 Å². The molecule has 1 rings (SSSR count). The van der Waals surface area contributed by atoms with E-state index in [0.29, 0.717) is 0 Å². The van der Waals surface area contributed by atoms with Crippen molar-refractivity contribution in [3.05, 3.63) is 0 Å². The Morgan fingerprint density at radius 1 is 1.83 bits per heavy atom. The highest BCUT2D eigenvalue weighted by Gasteiger charge is 2.26. The lowest BCUT2D eigenvalue weighted by atomic mass is 10.3. The van der Waals surface area contributed by atoms with E-state index in [1.807, 2.05) is 6.92 Å². The molecule has 0 aromatic heterocycles. The van der Waals surface area contributed by atoms with Crippen molar-refractivity contribution < 1.29 is 9.59 Å². The minimum absolute atomic E-state index is 0.0849. The Morgan fingerprint density at radius 3 is 3.08 bits per heavy atom. The normalized spacial score (nSPS) is 22.8. The molecule has 68 valence electrons. The van der Waals surface area contributed by atoms with E-state index < -0.39 is 0 Å². The molecule has 0 radical (unpaired) electrons. The standard InChI is InChI=1S/C7H11NO2S2/c1-2-11-7(10)8-5-3-4-12-6(5)9/h5H,2-4H2,1H3,(H,8,10). The number of nitrogens with one attached hydrogen (secondary N) is 1. The molecule has 0 spiro atoms. The molecule has 1 aliphatic rings. The third-order valence-electron chi connectivity index (χ3n) is 1.50. The van der Waals surface area contributed by atoms with Gasteiger partial charge in [0.2, 0.25) is 5.12 Å². The van der Waals surface area contributed by atoms with Crippen molar-refractivity contribution in [1.82, 2.24) is 5.32 Å². The van der Waals surface area contributed by atoms with E-state index in [1.54, 1.807) is 0 Å². The summed E-state index contributed by atoms with van der Waals surface area (Å²) < 4.78 is 0. The van der Waals surface area contributed by atoms with Crippen molar-refractivity contribution in [3.8, 4) is 0 Å². The van der Waals surface area contributed by atoms with Crippen LogP contribution in [0, 0.1) is 0 Å². The van der Waals surface area contributed by atoms with Crippen LogP contribution in [0.1, 0.15) is 13.3 Å². The van der Waals surface area contributed by atoms with Gasteiger partial charge < -0.3 is 5.32 Å². The van der Waals surface area contributed by atoms with Crippen LogP contribution in [0.4, 0.5) is 4.79 Å². The fraction of sp³-hybridized carbons (Fsp3) is 0.714. The van der Waals surface area contributed by atoms with Crippen molar-refractivity contribution in [2.75, 3.05) is 11.5 Å². The quantitative estimate of drug-likeness (QED) is 0.741. The Bertz CT molecular complexity index is 196. The second-order valence-corrected chi connectivity index (χ2v) is 4.71. The van der Waals surface area contributed by atoms with Gasteiger partial charge >= 0.3 is 0 Å². The molecular weight excluding hydrogens is 194 g/mol. The molecular formula is C7H11NO2S2. The first-order valence-corrected chi connectivity index (χ1v) is 5.81. The number of hydrogen-bond acceptors (Lipinski definition) is 4. The van der Waals surface area contributed by atoms with Gasteiger partial charge in [-0.3, -0.25) is 9.59 Å². The third kappa shape index (κ3) is 2.71. The maximum atomic E-state index is 11.1. The number of amides is 1. The van der Waals surface area contributed by atoms with Crippen LogP contribution in [0.5, 0.6) is 0 Å². The molecule has 1 N–H and O–H groups in total. The lowest BCUT2D eigenvalue weighted by molar-refractivity contribution is -0.112. The van der Waals surface area contributed by atoms with Gasteiger partial charge in [-0.25, -0.2) is 0 Å². The lowest BCUT2D eigenvalue weighted by Gasteiger charge is -2.07. The lowest BCUT2D eigenvalue weighted by Crippen LogP contribution is -2.34. The first-order valence-electron chi connectivity index (χ1n) is 3.84. The van der Waals surface area contributed by atoms with E-state index in [-0.39, 0.29) is 16.4 Å². The molecule has 1 amide bonds. The average Bonchev–Trinajstić information content (AvgIpc) is 2.37. The average molecular weight is 205 g/mol. The molecule has 3 nitrogen and oxygen atoms in total. The summed E-state index contributed by atoms with van der Waals surface area (Å²) in [4.78, 5) is 22.1. The fourth-order valence-electron chi connectivity index (χ4n) is 0.942. The van der Waals surface area contributed by atoms with E-state index in [4.69, 9.17) is 0 Å². The number of thioether (sulfide) groups is 2. The van der Waals surface area contributed by atoms with Gasteiger partial charge in [0.25, 0.3) is 5.24 Å². The summed E-state index contributed by atoms with van der Waals surface area (Å²) >= 11 is 2.51. The molecule has 1 heterocycles. The first kappa shape index (κ1) is 9.92. The highest BCUT2D eigenvalue weighted by atomic mass is 32.2. The Morgan fingerprint density at radius 2 is 2.58 bits per heavy atom. The van der Waals surface area contributed by atoms with Crippen molar-refractivity contribution >= 4 is 33.9 Å². The maximum absolute atomic E-state index is 11.1. The van der Waals surface area contributed by atoms with Crippen LogP contribution in [0.3, 0.4) is 0 Å². The van der Waals surface area contributed by atoms with Crippen molar-refractivity contribution in [2.45, 2.75) is 19.4 Å². The molecule has 1 atom stereocenters. The maximum Gasteiger partial charge on any atom is 0.279 e. The minimum Gasteiger partial charge on any atom is -0.336 e. The smallest absolute Gasteiger partial charge is 0.279 e. The monoisotopic (exact) mass is 205 g/mol. The molecule has 1 saturated heterocycles. The zero-order valence-electron chi connectivity index (χ0n) is 6.83. The highest BCUT2D eigenvalue weighted by molar-refractivity contribution is 8.14. The van der Waals surface area contributed by atoms with Crippen LogP contribution < -0.4 is 5.32 Å². The Kier molecular flexibility index (Phi) is 3.94. The SMILES string of the molecule is CCSC(=O)NC1CCSC1=O. The summed E-state index contributed by atoms with van der Waals surface area (Å²) in [6.07, 6.45) is 0.777. The van der Waals surface area contributed by atoms with Crippen LogP contribution in [-0.4, -0.2) is 27.9 Å².